The second-order valence-electron chi connectivity index (χ2n) is 6.65. The molecule has 0 saturated heterocycles. The third-order valence-electron chi connectivity index (χ3n) is 4.53. The van der Waals surface area contributed by atoms with Crippen LogP contribution in [0.15, 0.2) is 66.7 Å². The van der Waals surface area contributed by atoms with Crippen LogP contribution in [0.2, 0.25) is 0 Å². The summed E-state index contributed by atoms with van der Waals surface area (Å²) in [5, 5.41) is 11.5. The van der Waals surface area contributed by atoms with Crippen LogP contribution in [-0.4, -0.2) is 34.8 Å². The smallest absolute Gasteiger partial charge is 0.343 e. The molecule has 0 spiro atoms. The van der Waals surface area contributed by atoms with Gasteiger partial charge >= 0.3 is 5.97 Å². The Bertz CT molecular complexity index is 1240. The van der Waals surface area contributed by atoms with Crippen molar-refractivity contribution in [3.63, 3.8) is 0 Å². The molecule has 4 aromatic rings. The van der Waals surface area contributed by atoms with Gasteiger partial charge in [-0.05, 0) is 41.1 Å². The number of benzene rings is 3. The van der Waals surface area contributed by atoms with E-state index >= 15 is 0 Å². The predicted octanol–water partition coefficient (Wildman–Crippen LogP) is 3.80. The summed E-state index contributed by atoms with van der Waals surface area (Å²) < 4.78 is 10.2. The van der Waals surface area contributed by atoms with E-state index in [9.17, 15) is 9.90 Å². The van der Waals surface area contributed by atoms with Crippen molar-refractivity contribution >= 4 is 22.4 Å². The molecule has 0 atom stereocenters. The van der Waals surface area contributed by atoms with Gasteiger partial charge in [-0.2, -0.15) is 4.98 Å². The molecular weight excluding hydrogens is 382 g/mol. The van der Waals surface area contributed by atoms with Crippen LogP contribution < -0.4 is 10.5 Å². The molecule has 1 heterocycles. The fourth-order valence-electron chi connectivity index (χ4n) is 3.04. The number of nitrogens with two attached hydrogens (primary N) is 1. The number of carbonyl (C=O) groups is 1. The van der Waals surface area contributed by atoms with Gasteiger partial charge in [0.1, 0.15) is 5.75 Å². The maximum atomic E-state index is 11.5. The third kappa shape index (κ3) is 4.15. The lowest BCUT2D eigenvalue weighted by Crippen LogP contribution is -2.13. The van der Waals surface area contributed by atoms with Crippen LogP contribution in [0.5, 0.6) is 11.6 Å². The van der Waals surface area contributed by atoms with Gasteiger partial charge in [-0.1, -0.05) is 30.3 Å². The monoisotopic (exact) mass is 401 g/mol. The molecule has 1 aromatic heterocycles. The molecule has 3 aromatic carbocycles. The minimum Gasteiger partial charge on any atom is -0.508 e. The molecule has 150 valence electrons. The lowest BCUT2D eigenvalue weighted by atomic mass is 10.1. The number of fused-ring (bicyclic) bond motifs is 1. The molecule has 0 aliphatic carbocycles. The second-order valence-corrected chi connectivity index (χ2v) is 6.65. The number of nitrogen functional groups attached to an aromatic ring is 1. The van der Waals surface area contributed by atoms with Crippen LogP contribution in [0, 0.1) is 0 Å². The van der Waals surface area contributed by atoms with E-state index in [4.69, 9.17) is 10.5 Å². The Morgan fingerprint density at radius 1 is 0.967 bits per heavy atom. The molecule has 0 saturated carbocycles. The Kier molecular flexibility index (Phi) is 5.17. The number of anilines is 1. The summed E-state index contributed by atoms with van der Waals surface area (Å²) >= 11 is 0. The normalized spacial score (nSPS) is 10.7. The van der Waals surface area contributed by atoms with E-state index < -0.39 is 5.97 Å². The van der Waals surface area contributed by atoms with Gasteiger partial charge in [0.05, 0.1) is 12.8 Å². The van der Waals surface area contributed by atoms with Crippen molar-refractivity contribution in [2.24, 2.45) is 0 Å². The number of aromatic nitrogens is 2. The van der Waals surface area contributed by atoms with Crippen LogP contribution in [0.4, 0.5) is 5.69 Å². The molecule has 0 unspecified atom stereocenters. The largest absolute Gasteiger partial charge is 0.508 e. The summed E-state index contributed by atoms with van der Waals surface area (Å²) in [5.41, 5.74) is 8.70. The minimum atomic E-state index is -0.508. The van der Waals surface area contributed by atoms with Crippen molar-refractivity contribution in [1.82, 2.24) is 9.97 Å². The molecule has 7 heteroatoms. The number of phenolic OH excluding ortho intramolecular Hbond substituents is 1. The fraction of sp³-hybridized carbons (Fsp3) is 0.0870. The van der Waals surface area contributed by atoms with Gasteiger partial charge in [-0.3, -0.25) is 0 Å². The number of phenols is 1. The molecule has 0 fully saturated rings. The number of nitrogens with zero attached hydrogens (tertiary/aromatic N) is 2. The summed E-state index contributed by atoms with van der Waals surface area (Å²) in [7, 11) is 1.29. The molecule has 30 heavy (non-hydrogen) atoms. The number of hydrogen-bond acceptors (Lipinski definition) is 7. The van der Waals surface area contributed by atoms with Gasteiger partial charge in [0.15, 0.2) is 12.4 Å². The summed E-state index contributed by atoms with van der Waals surface area (Å²) in [5.74, 6) is 0.373. The molecule has 3 N–H and O–H groups in total. The minimum absolute atomic E-state index is 0.202. The Labute approximate surface area is 172 Å². The van der Waals surface area contributed by atoms with E-state index in [0.29, 0.717) is 17.2 Å². The summed E-state index contributed by atoms with van der Waals surface area (Å²) in [4.78, 5) is 20.6. The van der Waals surface area contributed by atoms with E-state index in [0.717, 1.165) is 21.9 Å². The zero-order chi connectivity index (χ0) is 21.1. The summed E-state index contributed by atoms with van der Waals surface area (Å²) in [6, 6.07) is 19.8. The number of rotatable bonds is 5. The first-order chi connectivity index (χ1) is 14.5. The Hall–Kier alpha value is -4.13. The van der Waals surface area contributed by atoms with Crippen LogP contribution >= 0.6 is 0 Å². The highest BCUT2D eigenvalue weighted by molar-refractivity contribution is 5.87. The highest BCUT2D eigenvalue weighted by atomic mass is 16.6. The molecule has 4 rings (SSSR count). The average molecular weight is 401 g/mol. The predicted molar refractivity (Wildman–Crippen MR) is 114 cm³/mol. The number of methoxy groups -OCH3 is 1. The maximum Gasteiger partial charge on any atom is 0.343 e. The van der Waals surface area contributed by atoms with Crippen molar-refractivity contribution in [2.45, 2.75) is 0 Å². The second kappa shape index (κ2) is 8.08. The first-order valence-corrected chi connectivity index (χ1v) is 9.19. The Morgan fingerprint density at radius 2 is 1.77 bits per heavy atom. The van der Waals surface area contributed by atoms with Gasteiger partial charge in [0.2, 0.25) is 5.88 Å². The van der Waals surface area contributed by atoms with Gasteiger partial charge < -0.3 is 20.3 Å². The highest BCUT2D eigenvalue weighted by Gasteiger charge is 2.12. The standard InChI is InChI=1S/C23H19N3O4/c1-29-22(28)13-30-21-12-20(16-3-2-4-18(24)10-16)25-23(26-21)17-6-5-15-11-19(27)8-7-14(15)9-17/h2-12,27H,13,24H2,1H3. The molecule has 0 radical (unpaired) electrons. The Balaban J connectivity index is 1.80. The van der Waals surface area contributed by atoms with Crippen LogP contribution in [0.1, 0.15) is 0 Å². The number of carbonyl (C=O) groups excluding carboxylic acids is 1. The molecular formula is C23H19N3O4. The number of aromatic hydroxyl groups is 1. The molecule has 0 aliphatic rings. The molecule has 0 amide bonds. The van der Waals surface area contributed by atoms with Crippen molar-refractivity contribution in [3.05, 3.63) is 66.7 Å². The van der Waals surface area contributed by atoms with Crippen molar-refractivity contribution < 1.29 is 19.4 Å². The van der Waals surface area contributed by atoms with E-state index in [1.165, 1.54) is 7.11 Å². The quantitative estimate of drug-likeness (QED) is 0.387. The van der Waals surface area contributed by atoms with Crippen LogP contribution in [0.3, 0.4) is 0 Å². The topological polar surface area (TPSA) is 108 Å². The van der Waals surface area contributed by atoms with E-state index in [1.54, 1.807) is 30.3 Å². The molecule has 7 nitrogen and oxygen atoms in total. The van der Waals surface area contributed by atoms with Crippen LogP contribution in [0.25, 0.3) is 33.4 Å². The first kappa shape index (κ1) is 19.2. The van der Waals surface area contributed by atoms with Crippen molar-refractivity contribution in [2.75, 3.05) is 19.5 Å². The number of hydrogen-bond donors (Lipinski definition) is 2. The first-order valence-electron chi connectivity index (χ1n) is 9.19. The lowest BCUT2D eigenvalue weighted by Gasteiger charge is -2.10. The fourth-order valence-corrected chi connectivity index (χ4v) is 3.04. The van der Waals surface area contributed by atoms with E-state index in [-0.39, 0.29) is 18.2 Å². The zero-order valence-corrected chi connectivity index (χ0v) is 16.2. The third-order valence-corrected chi connectivity index (χ3v) is 4.53. The van der Waals surface area contributed by atoms with Crippen molar-refractivity contribution in [3.8, 4) is 34.3 Å². The SMILES string of the molecule is COC(=O)COc1cc(-c2cccc(N)c2)nc(-c2ccc3cc(O)ccc3c2)n1. The van der Waals surface area contributed by atoms with E-state index in [2.05, 4.69) is 14.7 Å². The number of ether oxygens (including phenoxy) is 2. The summed E-state index contributed by atoms with van der Waals surface area (Å²) in [6.07, 6.45) is 0. The molecule has 0 aliphatic heterocycles. The highest BCUT2D eigenvalue weighted by Crippen LogP contribution is 2.29. The Morgan fingerprint density at radius 3 is 2.57 bits per heavy atom. The van der Waals surface area contributed by atoms with Gasteiger partial charge in [-0.25, -0.2) is 9.78 Å². The molecule has 0 bridgehead atoms. The van der Waals surface area contributed by atoms with Gasteiger partial charge in [-0.15, -0.1) is 0 Å². The number of esters is 1. The van der Waals surface area contributed by atoms with Gasteiger partial charge in [0, 0.05) is 22.9 Å². The van der Waals surface area contributed by atoms with Crippen LogP contribution in [-0.2, 0) is 9.53 Å². The lowest BCUT2D eigenvalue weighted by molar-refractivity contribution is -0.143. The van der Waals surface area contributed by atoms with Crippen molar-refractivity contribution in [1.29, 1.82) is 0 Å². The zero-order valence-electron chi connectivity index (χ0n) is 16.2. The maximum absolute atomic E-state index is 11.5. The van der Waals surface area contributed by atoms with Gasteiger partial charge in [0.25, 0.3) is 0 Å². The van der Waals surface area contributed by atoms with E-state index in [1.807, 2.05) is 36.4 Å². The average Bonchev–Trinajstić information content (AvgIpc) is 2.76. The summed E-state index contributed by atoms with van der Waals surface area (Å²) in [6.45, 7) is -0.264.